The SMILES string of the molecule is Cc1ccc(C(Cl)Cc2ccc3ccccc3n2)c(Cl)c1. The van der Waals surface area contributed by atoms with Gasteiger partial charge in [0, 0.05) is 22.5 Å². The number of hydrogen-bond donors (Lipinski definition) is 0. The number of fused-ring (bicyclic) bond motifs is 1. The maximum Gasteiger partial charge on any atom is 0.0705 e. The lowest BCUT2D eigenvalue weighted by Crippen LogP contribution is -1.99. The van der Waals surface area contributed by atoms with Gasteiger partial charge in [0.1, 0.15) is 0 Å². The third-order valence-electron chi connectivity index (χ3n) is 3.54. The normalized spacial score (nSPS) is 12.5. The van der Waals surface area contributed by atoms with Crippen molar-refractivity contribution in [1.82, 2.24) is 4.98 Å². The van der Waals surface area contributed by atoms with E-state index in [0.717, 1.165) is 32.7 Å². The molecule has 21 heavy (non-hydrogen) atoms. The van der Waals surface area contributed by atoms with Crippen molar-refractivity contribution >= 4 is 34.1 Å². The molecule has 0 bridgehead atoms. The van der Waals surface area contributed by atoms with Gasteiger partial charge in [-0.1, -0.05) is 48.0 Å². The first-order chi connectivity index (χ1) is 10.1. The molecule has 0 saturated heterocycles. The summed E-state index contributed by atoms with van der Waals surface area (Å²) in [4.78, 5) is 4.66. The molecule has 3 rings (SSSR count). The molecule has 0 amide bonds. The highest BCUT2D eigenvalue weighted by Crippen LogP contribution is 2.31. The number of hydrogen-bond acceptors (Lipinski definition) is 1. The summed E-state index contributed by atoms with van der Waals surface area (Å²) in [6, 6.07) is 18.2. The fraction of sp³-hybridized carbons (Fsp3) is 0.167. The number of aromatic nitrogens is 1. The summed E-state index contributed by atoms with van der Waals surface area (Å²) in [7, 11) is 0. The second-order valence-corrected chi connectivity index (χ2v) is 6.13. The fourth-order valence-electron chi connectivity index (χ4n) is 2.40. The van der Waals surface area contributed by atoms with Crippen molar-refractivity contribution in [1.29, 1.82) is 0 Å². The average Bonchev–Trinajstić information content (AvgIpc) is 2.47. The van der Waals surface area contributed by atoms with E-state index in [9.17, 15) is 0 Å². The zero-order valence-electron chi connectivity index (χ0n) is 11.7. The van der Waals surface area contributed by atoms with E-state index >= 15 is 0 Å². The molecule has 0 radical (unpaired) electrons. The van der Waals surface area contributed by atoms with Crippen molar-refractivity contribution in [2.75, 3.05) is 0 Å². The second-order valence-electron chi connectivity index (χ2n) is 5.19. The smallest absolute Gasteiger partial charge is 0.0705 e. The van der Waals surface area contributed by atoms with Crippen LogP contribution < -0.4 is 0 Å². The molecular formula is C18H15Cl2N. The monoisotopic (exact) mass is 315 g/mol. The lowest BCUT2D eigenvalue weighted by atomic mass is 10.0. The van der Waals surface area contributed by atoms with Gasteiger partial charge in [-0.3, -0.25) is 4.98 Å². The Morgan fingerprint density at radius 3 is 2.67 bits per heavy atom. The van der Waals surface area contributed by atoms with E-state index < -0.39 is 0 Å². The lowest BCUT2D eigenvalue weighted by molar-refractivity contribution is 0.888. The van der Waals surface area contributed by atoms with E-state index in [1.54, 1.807) is 0 Å². The predicted molar refractivity (Wildman–Crippen MR) is 90.2 cm³/mol. The molecule has 0 spiro atoms. The first kappa shape index (κ1) is 14.4. The van der Waals surface area contributed by atoms with Crippen LogP contribution in [-0.4, -0.2) is 4.98 Å². The molecule has 1 nitrogen and oxygen atoms in total. The largest absolute Gasteiger partial charge is 0.253 e. The third kappa shape index (κ3) is 3.20. The first-order valence-corrected chi connectivity index (χ1v) is 7.70. The number of nitrogens with zero attached hydrogens (tertiary/aromatic N) is 1. The van der Waals surface area contributed by atoms with Crippen LogP contribution >= 0.6 is 23.2 Å². The van der Waals surface area contributed by atoms with Gasteiger partial charge in [0.05, 0.1) is 10.9 Å². The predicted octanol–water partition coefficient (Wildman–Crippen LogP) is 5.72. The molecule has 106 valence electrons. The van der Waals surface area contributed by atoms with Gasteiger partial charge in [0.15, 0.2) is 0 Å². The Balaban J connectivity index is 1.87. The van der Waals surface area contributed by atoms with E-state index in [-0.39, 0.29) is 5.38 Å². The Morgan fingerprint density at radius 2 is 1.86 bits per heavy atom. The van der Waals surface area contributed by atoms with Crippen molar-refractivity contribution in [2.24, 2.45) is 0 Å². The summed E-state index contributed by atoms with van der Waals surface area (Å²) < 4.78 is 0. The van der Waals surface area contributed by atoms with Gasteiger partial charge in [-0.05, 0) is 36.2 Å². The zero-order valence-corrected chi connectivity index (χ0v) is 13.2. The molecule has 1 aromatic heterocycles. The van der Waals surface area contributed by atoms with Crippen LogP contribution in [0.4, 0.5) is 0 Å². The van der Waals surface area contributed by atoms with Gasteiger partial charge in [0.25, 0.3) is 0 Å². The van der Waals surface area contributed by atoms with Crippen molar-refractivity contribution < 1.29 is 0 Å². The van der Waals surface area contributed by atoms with E-state index in [1.165, 1.54) is 0 Å². The highest BCUT2D eigenvalue weighted by atomic mass is 35.5. The summed E-state index contributed by atoms with van der Waals surface area (Å²) in [5.41, 5.74) is 4.06. The molecule has 1 atom stereocenters. The van der Waals surface area contributed by atoms with Gasteiger partial charge >= 0.3 is 0 Å². The summed E-state index contributed by atoms with van der Waals surface area (Å²) in [6.07, 6.45) is 0.662. The number of aryl methyl sites for hydroxylation is 1. The van der Waals surface area contributed by atoms with Gasteiger partial charge in [0.2, 0.25) is 0 Å². The van der Waals surface area contributed by atoms with Gasteiger partial charge in [-0.2, -0.15) is 0 Å². The van der Waals surface area contributed by atoms with E-state index in [0.29, 0.717) is 6.42 Å². The first-order valence-electron chi connectivity index (χ1n) is 6.88. The summed E-state index contributed by atoms with van der Waals surface area (Å²) in [5, 5.41) is 1.68. The molecule has 2 aromatic carbocycles. The Morgan fingerprint density at radius 1 is 1.05 bits per heavy atom. The van der Waals surface area contributed by atoms with Crippen LogP contribution in [0.1, 0.15) is 22.2 Å². The van der Waals surface area contributed by atoms with Gasteiger partial charge in [-0.15, -0.1) is 11.6 Å². The Labute approximate surface area is 134 Å². The van der Waals surface area contributed by atoms with Crippen LogP contribution in [0, 0.1) is 6.92 Å². The van der Waals surface area contributed by atoms with Crippen LogP contribution in [0.15, 0.2) is 54.6 Å². The standard InChI is InChI=1S/C18H15Cl2N/c1-12-6-9-15(16(19)10-12)17(20)11-14-8-7-13-4-2-3-5-18(13)21-14/h2-10,17H,11H2,1H3. The van der Waals surface area contributed by atoms with Crippen LogP contribution in [0.5, 0.6) is 0 Å². The van der Waals surface area contributed by atoms with Crippen LogP contribution in [0.3, 0.4) is 0 Å². The number of para-hydroxylation sites is 1. The number of halogens is 2. The Kier molecular flexibility index (Phi) is 4.14. The van der Waals surface area contributed by atoms with Gasteiger partial charge < -0.3 is 0 Å². The van der Waals surface area contributed by atoms with Crippen molar-refractivity contribution in [3.05, 3.63) is 76.4 Å². The number of benzene rings is 2. The van der Waals surface area contributed by atoms with Crippen molar-refractivity contribution in [2.45, 2.75) is 18.7 Å². The molecular weight excluding hydrogens is 301 g/mol. The van der Waals surface area contributed by atoms with Crippen LogP contribution in [-0.2, 0) is 6.42 Å². The maximum atomic E-state index is 6.53. The van der Waals surface area contributed by atoms with Crippen molar-refractivity contribution in [3.63, 3.8) is 0 Å². The molecule has 1 heterocycles. The second kappa shape index (κ2) is 6.05. The molecule has 0 fully saturated rings. The van der Waals surface area contributed by atoms with Crippen LogP contribution in [0.2, 0.25) is 5.02 Å². The number of alkyl halides is 1. The third-order valence-corrected chi connectivity index (χ3v) is 4.25. The Bertz CT molecular complexity index is 783. The van der Waals surface area contributed by atoms with E-state index in [2.05, 4.69) is 17.1 Å². The summed E-state index contributed by atoms with van der Waals surface area (Å²) in [6.45, 7) is 2.02. The Hall–Kier alpha value is -1.57. The number of rotatable bonds is 3. The minimum Gasteiger partial charge on any atom is -0.253 e. The molecule has 1 unspecified atom stereocenters. The van der Waals surface area contributed by atoms with E-state index in [1.807, 2.05) is 49.4 Å². The molecule has 0 N–H and O–H groups in total. The zero-order chi connectivity index (χ0) is 14.8. The molecule has 0 aliphatic carbocycles. The maximum absolute atomic E-state index is 6.53. The topological polar surface area (TPSA) is 12.9 Å². The molecule has 0 aliphatic rings. The molecule has 3 aromatic rings. The molecule has 0 aliphatic heterocycles. The van der Waals surface area contributed by atoms with Crippen molar-refractivity contribution in [3.8, 4) is 0 Å². The minimum absolute atomic E-state index is 0.174. The summed E-state index contributed by atoms with van der Waals surface area (Å²) in [5.74, 6) is 0. The quantitative estimate of drug-likeness (QED) is 0.563. The fourth-order valence-corrected chi connectivity index (χ4v) is 3.17. The number of pyridine rings is 1. The van der Waals surface area contributed by atoms with Crippen LogP contribution in [0.25, 0.3) is 10.9 Å². The summed E-state index contributed by atoms with van der Waals surface area (Å²) >= 11 is 12.8. The highest BCUT2D eigenvalue weighted by Gasteiger charge is 2.13. The lowest BCUT2D eigenvalue weighted by Gasteiger charge is -2.12. The van der Waals surface area contributed by atoms with Gasteiger partial charge in [-0.25, -0.2) is 0 Å². The van der Waals surface area contributed by atoms with E-state index in [4.69, 9.17) is 23.2 Å². The molecule has 3 heteroatoms. The molecule has 0 saturated carbocycles. The minimum atomic E-state index is -0.174. The highest BCUT2D eigenvalue weighted by molar-refractivity contribution is 6.32. The average molecular weight is 316 g/mol.